The van der Waals surface area contributed by atoms with Crippen LogP contribution in [-0.2, 0) is 0 Å². The van der Waals surface area contributed by atoms with Crippen molar-refractivity contribution >= 4 is 0 Å². The second-order valence-corrected chi connectivity index (χ2v) is 9.57. The number of benzene rings is 1. The van der Waals surface area contributed by atoms with Crippen LogP contribution >= 0.6 is 0 Å². The molecule has 2 fully saturated rings. The molecule has 0 unspecified atom stereocenters. The summed E-state index contributed by atoms with van der Waals surface area (Å²) in [6.07, 6.45) is 17.1. The van der Waals surface area contributed by atoms with Crippen molar-refractivity contribution < 1.29 is 13.5 Å². The molecule has 0 atom stereocenters. The van der Waals surface area contributed by atoms with Gasteiger partial charge >= 0.3 is 0 Å². The van der Waals surface area contributed by atoms with Crippen molar-refractivity contribution in [3.63, 3.8) is 0 Å². The molecule has 0 aliphatic heterocycles. The highest BCUT2D eigenvalue weighted by Gasteiger charge is 2.32. The lowest BCUT2D eigenvalue weighted by Crippen LogP contribution is -2.25. The first-order valence-electron chi connectivity index (χ1n) is 12.4. The van der Waals surface area contributed by atoms with E-state index in [9.17, 15) is 8.78 Å². The maximum atomic E-state index is 14.8. The molecule has 0 bridgehead atoms. The predicted molar refractivity (Wildman–Crippen MR) is 121 cm³/mol. The van der Waals surface area contributed by atoms with E-state index < -0.39 is 11.6 Å². The van der Waals surface area contributed by atoms with Crippen molar-refractivity contribution in [1.29, 1.82) is 0 Å². The van der Waals surface area contributed by atoms with Gasteiger partial charge in [-0.05, 0) is 93.1 Å². The fourth-order valence-electron chi connectivity index (χ4n) is 5.61. The van der Waals surface area contributed by atoms with Crippen LogP contribution in [0, 0.1) is 29.4 Å². The highest BCUT2D eigenvalue weighted by atomic mass is 19.2. The Kier molecular flexibility index (Phi) is 9.21. The fourth-order valence-corrected chi connectivity index (χ4v) is 5.61. The van der Waals surface area contributed by atoms with Gasteiger partial charge in [0.15, 0.2) is 11.6 Å². The molecule has 1 nitrogen and oxygen atoms in total. The van der Waals surface area contributed by atoms with Crippen LogP contribution in [0.3, 0.4) is 0 Å². The second kappa shape index (κ2) is 11.9. The molecule has 0 spiro atoms. The van der Waals surface area contributed by atoms with Crippen LogP contribution in [0.15, 0.2) is 24.8 Å². The Hall–Kier alpha value is -1.38. The SMILES string of the molecule is C=CC1CCC(C2CCC(c3ccc(OCCCCCCC)c(F)c3F)CC2)CC1. The minimum atomic E-state index is -0.800. The molecule has 0 amide bonds. The minimum absolute atomic E-state index is 0.0689. The Morgan fingerprint density at radius 2 is 1.50 bits per heavy atom. The molecule has 168 valence electrons. The third-order valence-corrected chi connectivity index (χ3v) is 7.61. The normalized spacial score (nSPS) is 27.0. The molecule has 1 aromatic rings. The molecule has 0 heterocycles. The number of rotatable bonds is 10. The van der Waals surface area contributed by atoms with E-state index in [4.69, 9.17) is 4.74 Å². The molecule has 30 heavy (non-hydrogen) atoms. The number of ether oxygens (including phenoxy) is 1. The maximum absolute atomic E-state index is 14.8. The van der Waals surface area contributed by atoms with Crippen LogP contribution in [0.25, 0.3) is 0 Å². The molecule has 0 saturated heterocycles. The smallest absolute Gasteiger partial charge is 0.200 e. The Morgan fingerprint density at radius 1 is 0.867 bits per heavy atom. The van der Waals surface area contributed by atoms with Crippen LogP contribution < -0.4 is 4.74 Å². The van der Waals surface area contributed by atoms with Gasteiger partial charge in [-0.25, -0.2) is 4.39 Å². The second-order valence-electron chi connectivity index (χ2n) is 9.57. The quantitative estimate of drug-likeness (QED) is 0.273. The van der Waals surface area contributed by atoms with Crippen LogP contribution in [0.2, 0.25) is 0 Å². The molecule has 3 heteroatoms. The molecule has 2 aliphatic carbocycles. The molecule has 1 aromatic carbocycles. The van der Waals surface area contributed by atoms with Gasteiger partial charge in [0, 0.05) is 0 Å². The Balaban J connectivity index is 1.48. The fraction of sp³-hybridized carbons (Fsp3) is 0.704. The lowest BCUT2D eigenvalue weighted by molar-refractivity contribution is 0.170. The number of halogens is 2. The summed E-state index contributed by atoms with van der Waals surface area (Å²) in [5.74, 6) is 1.00. The van der Waals surface area contributed by atoms with E-state index >= 15 is 0 Å². The minimum Gasteiger partial charge on any atom is -0.490 e. The molecule has 2 saturated carbocycles. The molecule has 0 aromatic heterocycles. The van der Waals surface area contributed by atoms with Crippen molar-refractivity contribution in [3.8, 4) is 5.75 Å². The number of unbranched alkanes of at least 4 members (excludes halogenated alkanes) is 4. The van der Waals surface area contributed by atoms with Crippen molar-refractivity contribution in [3.05, 3.63) is 42.0 Å². The molecular formula is C27H40F2O. The lowest BCUT2D eigenvalue weighted by atomic mass is 9.68. The summed E-state index contributed by atoms with van der Waals surface area (Å²) in [7, 11) is 0. The van der Waals surface area contributed by atoms with Gasteiger partial charge in [-0.2, -0.15) is 4.39 Å². The standard InChI is InChI=1S/C27H40F2O/c1-3-5-6-7-8-19-30-25-18-17-24(26(28)27(25)29)23-15-13-22(14-16-23)21-11-9-20(4-2)10-12-21/h4,17-18,20-23H,2-3,5-16,19H2,1H3. The molecule has 3 rings (SSSR count). The van der Waals surface area contributed by atoms with Gasteiger partial charge in [-0.3, -0.25) is 0 Å². The van der Waals surface area contributed by atoms with E-state index in [1.54, 1.807) is 12.1 Å². The summed E-state index contributed by atoms with van der Waals surface area (Å²) in [5.41, 5.74) is 0.552. The Morgan fingerprint density at radius 3 is 2.13 bits per heavy atom. The third kappa shape index (κ3) is 6.08. The molecule has 0 radical (unpaired) electrons. The average Bonchev–Trinajstić information content (AvgIpc) is 2.79. The van der Waals surface area contributed by atoms with Gasteiger partial charge in [-0.1, -0.05) is 44.7 Å². The summed E-state index contributed by atoms with van der Waals surface area (Å²) in [5, 5.41) is 0. The maximum Gasteiger partial charge on any atom is 0.200 e. The first kappa shape index (κ1) is 23.3. The zero-order valence-electron chi connectivity index (χ0n) is 18.8. The van der Waals surface area contributed by atoms with E-state index in [2.05, 4.69) is 19.6 Å². The van der Waals surface area contributed by atoms with Crippen LogP contribution in [0.4, 0.5) is 8.78 Å². The van der Waals surface area contributed by atoms with E-state index in [1.165, 1.54) is 44.9 Å². The summed E-state index contributed by atoms with van der Waals surface area (Å²) in [6, 6.07) is 3.41. The summed E-state index contributed by atoms with van der Waals surface area (Å²) >= 11 is 0. The molecular weight excluding hydrogens is 378 g/mol. The number of hydrogen-bond donors (Lipinski definition) is 0. The van der Waals surface area contributed by atoms with Gasteiger partial charge in [0.1, 0.15) is 0 Å². The molecule has 0 N–H and O–H groups in total. The highest BCUT2D eigenvalue weighted by molar-refractivity contribution is 5.33. The Labute approximate surface area is 182 Å². The van der Waals surface area contributed by atoms with Crippen molar-refractivity contribution in [2.45, 2.75) is 96.3 Å². The predicted octanol–water partition coefficient (Wildman–Crippen LogP) is 8.58. The zero-order valence-corrected chi connectivity index (χ0v) is 18.8. The third-order valence-electron chi connectivity index (χ3n) is 7.61. The summed E-state index contributed by atoms with van der Waals surface area (Å²) in [6.45, 7) is 6.58. The summed E-state index contributed by atoms with van der Waals surface area (Å²) in [4.78, 5) is 0. The number of hydrogen-bond acceptors (Lipinski definition) is 1. The van der Waals surface area contributed by atoms with Gasteiger partial charge in [0.2, 0.25) is 5.82 Å². The molecule has 2 aliphatic rings. The van der Waals surface area contributed by atoms with E-state index in [1.807, 2.05) is 0 Å². The highest BCUT2D eigenvalue weighted by Crippen LogP contribution is 2.45. The van der Waals surface area contributed by atoms with E-state index in [0.717, 1.165) is 50.4 Å². The first-order valence-corrected chi connectivity index (χ1v) is 12.4. The van der Waals surface area contributed by atoms with Gasteiger partial charge in [-0.15, -0.1) is 6.58 Å². The number of allylic oxidation sites excluding steroid dienone is 1. The van der Waals surface area contributed by atoms with Gasteiger partial charge < -0.3 is 4.74 Å². The Bertz CT molecular complexity index is 655. The van der Waals surface area contributed by atoms with Crippen molar-refractivity contribution in [2.75, 3.05) is 6.61 Å². The van der Waals surface area contributed by atoms with Crippen LogP contribution in [0.5, 0.6) is 5.75 Å². The van der Waals surface area contributed by atoms with Crippen LogP contribution in [-0.4, -0.2) is 6.61 Å². The summed E-state index contributed by atoms with van der Waals surface area (Å²) < 4.78 is 34.9. The average molecular weight is 419 g/mol. The van der Waals surface area contributed by atoms with Gasteiger partial charge in [0.05, 0.1) is 6.61 Å². The monoisotopic (exact) mass is 418 g/mol. The van der Waals surface area contributed by atoms with Crippen molar-refractivity contribution in [1.82, 2.24) is 0 Å². The van der Waals surface area contributed by atoms with E-state index in [0.29, 0.717) is 18.1 Å². The topological polar surface area (TPSA) is 9.23 Å². The van der Waals surface area contributed by atoms with Gasteiger partial charge in [0.25, 0.3) is 0 Å². The largest absolute Gasteiger partial charge is 0.490 e. The van der Waals surface area contributed by atoms with E-state index in [-0.39, 0.29) is 11.7 Å². The zero-order chi connectivity index (χ0) is 21.3. The lowest BCUT2D eigenvalue weighted by Gasteiger charge is -2.37. The first-order chi connectivity index (χ1) is 14.6. The van der Waals surface area contributed by atoms with Crippen molar-refractivity contribution in [2.24, 2.45) is 17.8 Å². The van der Waals surface area contributed by atoms with Crippen LogP contribution in [0.1, 0.15) is 102 Å².